The second kappa shape index (κ2) is 7.61. The maximum atomic E-state index is 12.2. The Morgan fingerprint density at radius 3 is 2.36 bits per heavy atom. The van der Waals surface area contributed by atoms with Crippen molar-refractivity contribution in [1.29, 1.82) is 0 Å². The maximum absolute atomic E-state index is 12.2. The van der Waals surface area contributed by atoms with Crippen LogP contribution in [0.3, 0.4) is 0 Å². The number of rotatable bonds is 8. The molecule has 1 aliphatic rings. The van der Waals surface area contributed by atoms with E-state index in [-0.39, 0.29) is 6.42 Å². The molecule has 28 heavy (non-hydrogen) atoms. The van der Waals surface area contributed by atoms with E-state index in [2.05, 4.69) is 5.48 Å². The molecule has 1 amide bonds. The molecule has 1 fully saturated rings. The van der Waals surface area contributed by atoms with Crippen LogP contribution in [0.5, 0.6) is 5.75 Å². The summed E-state index contributed by atoms with van der Waals surface area (Å²) in [4.78, 5) is 29.0. The molecule has 7 heteroatoms. The Labute approximate surface area is 162 Å². The highest BCUT2D eigenvalue weighted by atomic mass is 16.7. The number of aliphatic hydroxyl groups is 1. The van der Waals surface area contributed by atoms with Crippen LogP contribution in [-0.2, 0) is 26.4 Å². The fraction of sp³-hybridized carbons (Fsp3) is 0.333. The number of amides is 1. The number of carboxylic acids is 1. The van der Waals surface area contributed by atoms with Gasteiger partial charge in [-0.1, -0.05) is 42.5 Å². The zero-order chi connectivity index (χ0) is 20.4. The zero-order valence-corrected chi connectivity index (χ0v) is 15.7. The number of ether oxygens (including phenoxy) is 1. The van der Waals surface area contributed by atoms with Gasteiger partial charge in [0, 0.05) is 0 Å². The van der Waals surface area contributed by atoms with Gasteiger partial charge in [0.25, 0.3) is 0 Å². The summed E-state index contributed by atoms with van der Waals surface area (Å²) in [5, 5.41) is 19.2. The van der Waals surface area contributed by atoms with E-state index in [9.17, 15) is 19.8 Å². The second-order valence-corrected chi connectivity index (χ2v) is 7.35. The third-order valence-corrected chi connectivity index (χ3v) is 4.68. The van der Waals surface area contributed by atoms with Crippen LogP contribution < -0.4 is 10.2 Å². The molecule has 1 aliphatic carbocycles. The molecule has 3 N–H and O–H groups in total. The summed E-state index contributed by atoms with van der Waals surface area (Å²) in [6.45, 7) is 3.13. The number of aliphatic carboxylic acids is 1. The summed E-state index contributed by atoms with van der Waals surface area (Å²) >= 11 is 0. The first-order valence-electron chi connectivity index (χ1n) is 8.93. The number of nitrogens with one attached hydrogen (secondary N) is 1. The van der Waals surface area contributed by atoms with Crippen molar-refractivity contribution in [3.8, 4) is 5.75 Å². The predicted octanol–water partition coefficient (Wildman–Crippen LogP) is 2.38. The number of hydrogen-bond donors (Lipinski definition) is 3. The van der Waals surface area contributed by atoms with Crippen LogP contribution >= 0.6 is 0 Å². The zero-order valence-electron chi connectivity index (χ0n) is 15.7. The Morgan fingerprint density at radius 1 is 1.14 bits per heavy atom. The lowest BCUT2D eigenvalue weighted by molar-refractivity contribution is -0.217. The first-order chi connectivity index (χ1) is 13.2. The first kappa shape index (κ1) is 19.9. The highest BCUT2D eigenvalue weighted by Gasteiger charge is 2.65. The molecule has 2 aromatic rings. The third-order valence-electron chi connectivity index (χ3n) is 4.68. The quantitative estimate of drug-likeness (QED) is 0.476. The van der Waals surface area contributed by atoms with Crippen molar-refractivity contribution < 1.29 is 29.4 Å². The molecular formula is C21H23NO6. The van der Waals surface area contributed by atoms with Crippen molar-refractivity contribution in [3.63, 3.8) is 0 Å². The Balaban J connectivity index is 1.67. The van der Waals surface area contributed by atoms with Crippen LogP contribution in [0.2, 0.25) is 0 Å². The lowest BCUT2D eigenvalue weighted by Crippen LogP contribution is -2.38. The highest BCUT2D eigenvalue weighted by Crippen LogP contribution is 2.55. The van der Waals surface area contributed by atoms with Crippen molar-refractivity contribution in [2.24, 2.45) is 5.92 Å². The summed E-state index contributed by atoms with van der Waals surface area (Å²) in [5.74, 6) is -3.36. The molecule has 3 rings (SSSR count). The Hall–Kier alpha value is -2.90. The highest BCUT2D eigenvalue weighted by molar-refractivity contribution is 5.97. The predicted molar refractivity (Wildman–Crippen MR) is 100 cm³/mol. The molecule has 7 nitrogen and oxygen atoms in total. The van der Waals surface area contributed by atoms with Crippen LogP contribution in [0.1, 0.15) is 31.4 Å². The molecule has 2 aromatic carbocycles. The Bertz CT molecular complexity index is 843. The summed E-state index contributed by atoms with van der Waals surface area (Å²) in [7, 11) is 0. The Morgan fingerprint density at radius 2 is 1.79 bits per heavy atom. The molecule has 0 bridgehead atoms. The normalized spacial score (nSPS) is 21.0. The van der Waals surface area contributed by atoms with E-state index in [0.717, 1.165) is 5.56 Å². The maximum Gasteiger partial charge on any atom is 0.314 e. The van der Waals surface area contributed by atoms with Crippen LogP contribution in [0, 0.1) is 5.92 Å². The minimum atomic E-state index is -1.55. The van der Waals surface area contributed by atoms with Crippen LogP contribution in [0.4, 0.5) is 0 Å². The van der Waals surface area contributed by atoms with E-state index in [1.54, 1.807) is 24.3 Å². The standard InChI is InChI=1S/C21H23NO6/c1-20(2,26)28-22-18(23)17-12-21(17,19(24)25)15-8-10-16(11-9-15)27-13-14-6-4-3-5-7-14/h3-11,17,26H,12-13H2,1-2H3,(H,22,23)(H,24,25)/t17-,21-/m1/s1. The average molecular weight is 385 g/mol. The molecule has 0 unspecified atom stereocenters. The van der Waals surface area contributed by atoms with Gasteiger partial charge in [0.1, 0.15) is 17.8 Å². The Kier molecular flexibility index (Phi) is 5.40. The smallest absolute Gasteiger partial charge is 0.314 e. The molecule has 0 aliphatic heterocycles. The summed E-state index contributed by atoms with van der Waals surface area (Å²) in [6, 6.07) is 16.4. The average Bonchev–Trinajstić information content (AvgIpc) is 3.42. The molecule has 0 saturated heterocycles. The number of carbonyl (C=O) groups excluding carboxylic acids is 1. The van der Waals surface area contributed by atoms with Crippen molar-refractivity contribution in [2.45, 2.75) is 38.1 Å². The second-order valence-electron chi connectivity index (χ2n) is 7.35. The SMILES string of the molecule is CC(C)(O)ONC(=O)[C@H]1C[C@@]1(C(=O)O)c1ccc(OCc2ccccc2)cc1. The van der Waals surface area contributed by atoms with Gasteiger partial charge in [0.15, 0.2) is 5.79 Å². The fourth-order valence-electron chi connectivity index (χ4n) is 3.09. The molecule has 148 valence electrons. The molecule has 0 spiro atoms. The molecular weight excluding hydrogens is 362 g/mol. The number of carbonyl (C=O) groups is 2. The molecule has 1 saturated carbocycles. The van der Waals surface area contributed by atoms with Gasteiger partial charge >= 0.3 is 5.97 Å². The topological polar surface area (TPSA) is 105 Å². The summed E-state index contributed by atoms with van der Waals surface area (Å²) in [6.07, 6.45) is 0.160. The molecule has 0 radical (unpaired) electrons. The number of carboxylic acid groups (broad SMARTS) is 1. The molecule has 0 heterocycles. The molecule has 2 atom stereocenters. The minimum absolute atomic E-state index is 0.160. The monoisotopic (exact) mass is 385 g/mol. The van der Waals surface area contributed by atoms with Crippen molar-refractivity contribution in [2.75, 3.05) is 0 Å². The number of hydrogen-bond acceptors (Lipinski definition) is 5. The van der Waals surface area contributed by atoms with E-state index in [1.807, 2.05) is 30.3 Å². The van der Waals surface area contributed by atoms with Crippen LogP contribution in [0.25, 0.3) is 0 Å². The van der Waals surface area contributed by atoms with Gasteiger partial charge in [-0.25, -0.2) is 10.3 Å². The van der Waals surface area contributed by atoms with Gasteiger partial charge in [-0.15, -0.1) is 0 Å². The van der Waals surface area contributed by atoms with Crippen molar-refractivity contribution in [1.82, 2.24) is 5.48 Å². The van der Waals surface area contributed by atoms with Gasteiger partial charge in [0.2, 0.25) is 5.91 Å². The van der Waals surface area contributed by atoms with E-state index in [0.29, 0.717) is 17.9 Å². The van der Waals surface area contributed by atoms with E-state index >= 15 is 0 Å². The van der Waals surface area contributed by atoms with Gasteiger partial charge in [-0.2, -0.15) is 0 Å². The van der Waals surface area contributed by atoms with Gasteiger partial charge < -0.3 is 14.9 Å². The van der Waals surface area contributed by atoms with Crippen molar-refractivity contribution >= 4 is 11.9 Å². The lowest BCUT2D eigenvalue weighted by atomic mass is 9.93. The third kappa shape index (κ3) is 4.32. The largest absolute Gasteiger partial charge is 0.489 e. The summed E-state index contributed by atoms with van der Waals surface area (Å²) in [5.41, 5.74) is 2.39. The van der Waals surface area contributed by atoms with E-state index < -0.39 is 29.0 Å². The minimum Gasteiger partial charge on any atom is -0.489 e. The lowest BCUT2D eigenvalue weighted by Gasteiger charge is -2.18. The number of benzene rings is 2. The first-order valence-corrected chi connectivity index (χ1v) is 8.93. The summed E-state index contributed by atoms with van der Waals surface area (Å²) < 4.78 is 5.72. The molecule has 0 aromatic heterocycles. The van der Waals surface area contributed by atoms with Crippen molar-refractivity contribution in [3.05, 3.63) is 65.7 Å². The van der Waals surface area contributed by atoms with Gasteiger partial charge in [-0.3, -0.25) is 9.59 Å². The van der Waals surface area contributed by atoms with Crippen LogP contribution in [0.15, 0.2) is 54.6 Å². The number of hydroxylamine groups is 1. The fourth-order valence-corrected chi connectivity index (χ4v) is 3.09. The van der Waals surface area contributed by atoms with Crippen LogP contribution in [-0.4, -0.2) is 27.9 Å². The van der Waals surface area contributed by atoms with Gasteiger partial charge in [0.05, 0.1) is 5.92 Å². The van der Waals surface area contributed by atoms with Gasteiger partial charge in [-0.05, 0) is 43.5 Å². The van der Waals surface area contributed by atoms with E-state index in [1.165, 1.54) is 13.8 Å². The van der Waals surface area contributed by atoms with E-state index in [4.69, 9.17) is 9.57 Å².